The van der Waals surface area contributed by atoms with Crippen molar-refractivity contribution in [1.29, 1.82) is 0 Å². The molecule has 1 spiro atoms. The van der Waals surface area contributed by atoms with Crippen LogP contribution in [0.4, 0.5) is 0 Å². The highest BCUT2D eigenvalue weighted by atomic mass is 16.7. The van der Waals surface area contributed by atoms with E-state index in [1.165, 1.54) is 51.4 Å². The van der Waals surface area contributed by atoms with Gasteiger partial charge in [0.2, 0.25) is 0 Å². The third-order valence-corrected chi connectivity index (χ3v) is 14.5. The minimum Gasteiger partial charge on any atom is -0.369 e. The van der Waals surface area contributed by atoms with E-state index in [4.69, 9.17) is 14.2 Å². The van der Waals surface area contributed by atoms with Gasteiger partial charge in [-0.2, -0.15) is 0 Å². The van der Waals surface area contributed by atoms with Gasteiger partial charge in [0, 0.05) is 16.7 Å². The van der Waals surface area contributed by atoms with E-state index in [1.54, 1.807) is 0 Å². The summed E-state index contributed by atoms with van der Waals surface area (Å²) >= 11 is 0. The molecule has 2 bridgehead atoms. The van der Waals surface area contributed by atoms with Gasteiger partial charge in [-0.05, 0) is 105 Å². The van der Waals surface area contributed by atoms with Gasteiger partial charge in [-0.15, -0.1) is 0 Å². The van der Waals surface area contributed by atoms with Gasteiger partial charge < -0.3 is 14.2 Å². The largest absolute Gasteiger partial charge is 0.369 e. The summed E-state index contributed by atoms with van der Waals surface area (Å²) in [6, 6.07) is 0. The second-order valence-corrected chi connectivity index (χ2v) is 16.9. The van der Waals surface area contributed by atoms with Crippen LogP contribution in [0.3, 0.4) is 0 Å². The van der Waals surface area contributed by atoms with Gasteiger partial charge >= 0.3 is 0 Å². The minimum atomic E-state index is -0.451. The van der Waals surface area contributed by atoms with Gasteiger partial charge in [0.15, 0.2) is 5.79 Å². The van der Waals surface area contributed by atoms with Crippen molar-refractivity contribution in [2.24, 2.45) is 50.2 Å². The predicted octanol–water partition coefficient (Wildman–Crippen LogP) is 7.93. The van der Waals surface area contributed by atoms with Crippen LogP contribution in [-0.4, -0.2) is 30.7 Å². The van der Waals surface area contributed by atoms with Crippen molar-refractivity contribution in [1.82, 2.24) is 0 Å². The highest BCUT2D eigenvalue weighted by Gasteiger charge is 2.77. The van der Waals surface area contributed by atoms with Crippen LogP contribution in [0.25, 0.3) is 0 Å². The Kier molecular flexibility index (Phi) is 4.68. The number of hydrogen-bond acceptors (Lipinski definition) is 3. The van der Waals surface area contributed by atoms with Crippen LogP contribution in [0, 0.1) is 50.2 Å². The molecule has 202 valence electrons. The number of ether oxygens (including phenoxy) is 3. The number of rotatable bonds is 0. The molecule has 2 saturated heterocycles. The van der Waals surface area contributed by atoms with E-state index in [9.17, 15) is 0 Å². The highest BCUT2D eigenvalue weighted by molar-refractivity contribution is 5.34. The first-order chi connectivity index (χ1) is 16.7. The number of hydrogen-bond donors (Lipinski definition) is 0. The van der Waals surface area contributed by atoms with Crippen molar-refractivity contribution in [3.63, 3.8) is 0 Å². The molecule has 0 N–H and O–H groups in total. The van der Waals surface area contributed by atoms with Gasteiger partial charge in [-0.25, -0.2) is 0 Å². The molecule has 36 heavy (non-hydrogen) atoms. The van der Waals surface area contributed by atoms with Crippen LogP contribution in [0.1, 0.15) is 113 Å². The monoisotopic (exact) mass is 496 g/mol. The topological polar surface area (TPSA) is 27.7 Å². The Morgan fingerprint density at radius 3 is 2.22 bits per heavy atom. The molecule has 0 aromatic heterocycles. The average molecular weight is 497 g/mol. The van der Waals surface area contributed by atoms with Crippen LogP contribution < -0.4 is 0 Å². The Labute approximate surface area is 220 Å². The Bertz CT molecular complexity index is 999. The normalized spacial score (nSPS) is 60.2. The molecule has 0 aromatic carbocycles. The summed E-state index contributed by atoms with van der Waals surface area (Å²) in [6.07, 6.45) is 17.5. The van der Waals surface area contributed by atoms with Crippen molar-refractivity contribution in [2.45, 2.75) is 131 Å². The van der Waals surface area contributed by atoms with Crippen molar-refractivity contribution in [2.75, 3.05) is 13.2 Å². The van der Waals surface area contributed by atoms with Crippen LogP contribution >= 0.6 is 0 Å². The molecule has 0 radical (unpaired) electrons. The highest BCUT2D eigenvalue weighted by Crippen LogP contribution is 2.79. The molecule has 0 amide bonds. The SMILES string of the molecule is CC1(C)CC[C@@]23CC[C@]4(C)[C@@](C=C[C@@H]5[C@@]6(C)CC[C@@H]7OC(C)(C)OC[C@@]7(C)[C@@H]6CC[C@]54C)(OC2)[C@@H]3C1. The molecular weight excluding hydrogens is 444 g/mol. The molecule has 6 fully saturated rings. The predicted molar refractivity (Wildman–Crippen MR) is 143 cm³/mol. The fourth-order valence-corrected chi connectivity index (χ4v) is 12.1. The molecule has 3 nitrogen and oxygen atoms in total. The van der Waals surface area contributed by atoms with Crippen molar-refractivity contribution in [3.05, 3.63) is 12.2 Å². The van der Waals surface area contributed by atoms with Gasteiger partial charge in [-0.3, -0.25) is 0 Å². The van der Waals surface area contributed by atoms with Gasteiger partial charge in [0.1, 0.15) is 0 Å². The number of allylic oxidation sites excluding steroid dienone is 1. The minimum absolute atomic E-state index is 0.0699. The summed E-state index contributed by atoms with van der Waals surface area (Å²) in [5, 5.41) is 0. The molecule has 4 saturated carbocycles. The maximum Gasteiger partial charge on any atom is 0.163 e. The Morgan fingerprint density at radius 2 is 1.44 bits per heavy atom. The van der Waals surface area contributed by atoms with E-state index in [-0.39, 0.29) is 27.3 Å². The van der Waals surface area contributed by atoms with Crippen LogP contribution in [0.2, 0.25) is 0 Å². The Balaban J connectivity index is 1.30. The van der Waals surface area contributed by atoms with E-state index in [0.29, 0.717) is 34.7 Å². The third-order valence-electron chi connectivity index (χ3n) is 14.5. The van der Waals surface area contributed by atoms with Crippen molar-refractivity contribution in [3.8, 4) is 0 Å². The van der Waals surface area contributed by atoms with Gasteiger partial charge in [-0.1, -0.05) is 53.7 Å². The van der Waals surface area contributed by atoms with E-state index in [1.807, 2.05) is 0 Å². The molecule has 0 aromatic rings. The third kappa shape index (κ3) is 2.68. The molecular formula is C33H52O3. The molecule has 5 aliphatic carbocycles. The van der Waals surface area contributed by atoms with Crippen LogP contribution in [-0.2, 0) is 14.2 Å². The van der Waals surface area contributed by atoms with Gasteiger partial charge in [0.05, 0.1) is 24.9 Å². The molecule has 0 unspecified atom stereocenters. The smallest absolute Gasteiger partial charge is 0.163 e. The van der Waals surface area contributed by atoms with Crippen LogP contribution in [0.15, 0.2) is 12.2 Å². The lowest BCUT2D eigenvalue weighted by atomic mass is 9.32. The maximum atomic E-state index is 7.19. The summed E-state index contributed by atoms with van der Waals surface area (Å²) in [6.45, 7) is 21.6. The van der Waals surface area contributed by atoms with E-state index < -0.39 is 5.79 Å². The molecule has 2 aliphatic heterocycles. The second-order valence-electron chi connectivity index (χ2n) is 16.9. The molecule has 2 heterocycles. The lowest BCUT2D eigenvalue weighted by molar-refractivity contribution is -0.351. The number of fused-ring (bicyclic) bond motifs is 6. The van der Waals surface area contributed by atoms with E-state index >= 15 is 0 Å². The first kappa shape index (κ1) is 24.6. The summed E-state index contributed by atoms with van der Waals surface area (Å²) in [4.78, 5) is 0. The zero-order valence-corrected chi connectivity index (χ0v) is 24.5. The first-order valence-electron chi connectivity index (χ1n) is 15.3. The summed E-state index contributed by atoms with van der Waals surface area (Å²) in [5.41, 5.74) is 1.65. The Morgan fingerprint density at radius 1 is 0.694 bits per heavy atom. The van der Waals surface area contributed by atoms with Gasteiger partial charge in [0.25, 0.3) is 0 Å². The second kappa shape index (κ2) is 6.84. The summed E-state index contributed by atoms with van der Waals surface area (Å²) in [5.74, 6) is 1.47. The standard InChI is InChI=1S/C33H52O3/c1-26(2)15-17-32-18-16-31(8)30(7)13-9-22-28(5,12-11-25-29(22,6)20-34-27(3,4)36-25)23(30)10-14-33(31,35-21-32)24(32)19-26/h10,14,22-25H,9,11-13,15-21H2,1-8H3/t22-,23-,24-,25+,28+,29+,30-,31+,32-,33+/m1/s1. The fourth-order valence-electron chi connectivity index (χ4n) is 12.1. The fraction of sp³-hybridized carbons (Fsp3) is 0.939. The van der Waals surface area contributed by atoms with E-state index in [0.717, 1.165) is 19.6 Å². The first-order valence-corrected chi connectivity index (χ1v) is 15.3. The average Bonchev–Trinajstić information content (AvgIpc) is 3.03. The molecule has 7 rings (SSSR count). The molecule has 10 atom stereocenters. The quantitative estimate of drug-likeness (QED) is 0.319. The lowest BCUT2D eigenvalue weighted by Crippen LogP contribution is -2.71. The van der Waals surface area contributed by atoms with Crippen molar-refractivity contribution < 1.29 is 14.2 Å². The zero-order chi connectivity index (χ0) is 25.6. The van der Waals surface area contributed by atoms with Crippen LogP contribution in [0.5, 0.6) is 0 Å². The molecule has 7 aliphatic rings. The van der Waals surface area contributed by atoms with E-state index in [2.05, 4.69) is 67.5 Å². The summed E-state index contributed by atoms with van der Waals surface area (Å²) < 4.78 is 20.1. The van der Waals surface area contributed by atoms with Crippen molar-refractivity contribution >= 4 is 0 Å². The maximum absolute atomic E-state index is 7.19. The lowest BCUT2D eigenvalue weighted by Gasteiger charge is -2.73. The Hall–Kier alpha value is -0.380. The zero-order valence-electron chi connectivity index (χ0n) is 24.5. The molecule has 3 heteroatoms. The summed E-state index contributed by atoms with van der Waals surface area (Å²) in [7, 11) is 0.